The van der Waals surface area contributed by atoms with Gasteiger partial charge in [-0.15, -0.1) is 0 Å². The van der Waals surface area contributed by atoms with E-state index in [1.807, 2.05) is 38.1 Å². The van der Waals surface area contributed by atoms with Crippen LogP contribution in [-0.2, 0) is 6.42 Å². The van der Waals surface area contributed by atoms with Gasteiger partial charge in [0.15, 0.2) is 0 Å². The number of hydrogen-bond donors (Lipinski definition) is 1. The Morgan fingerprint density at radius 3 is 2.48 bits per heavy atom. The summed E-state index contributed by atoms with van der Waals surface area (Å²) in [5.41, 5.74) is 4.03. The molecule has 1 N–H and O–H groups in total. The van der Waals surface area contributed by atoms with E-state index in [9.17, 15) is 14.9 Å². The Morgan fingerprint density at radius 1 is 1.19 bits per heavy atom. The molecule has 0 atom stereocenters. The van der Waals surface area contributed by atoms with Crippen LogP contribution in [0.5, 0.6) is 0 Å². The van der Waals surface area contributed by atoms with Gasteiger partial charge in [0.2, 0.25) is 0 Å². The maximum Gasteiger partial charge on any atom is 0.280 e. The molecule has 0 saturated heterocycles. The summed E-state index contributed by atoms with van der Waals surface area (Å²) in [6, 6.07) is 13.7. The highest BCUT2D eigenvalue weighted by molar-refractivity contribution is 6.01. The van der Waals surface area contributed by atoms with Crippen molar-refractivity contribution >= 4 is 17.1 Å². The number of nitro benzene ring substituents is 1. The molecule has 138 valence electrons. The minimum absolute atomic E-state index is 0.0239. The second kappa shape index (κ2) is 7.41. The average molecular weight is 364 g/mol. The summed E-state index contributed by atoms with van der Waals surface area (Å²) in [5, 5.41) is 13.8. The summed E-state index contributed by atoms with van der Waals surface area (Å²) in [7, 11) is 0. The van der Waals surface area contributed by atoms with Crippen LogP contribution in [-0.4, -0.2) is 20.4 Å². The van der Waals surface area contributed by atoms with Crippen molar-refractivity contribution in [3.8, 4) is 5.69 Å². The monoisotopic (exact) mass is 364 g/mol. The molecule has 0 aliphatic heterocycles. The van der Waals surface area contributed by atoms with Crippen LogP contribution >= 0.6 is 0 Å². The molecule has 1 aromatic heterocycles. The number of aryl methyl sites for hydroxylation is 2. The zero-order valence-electron chi connectivity index (χ0n) is 15.4. The molecule has 0 aliphatic rings. The van der Waals surface area contributed by atoms with Crippen LogP contribution < -0.4 is 5.56 Å². The third-order valence-electron chi connectivity index (χ3n) is 4.41. The number of aliphatic imine (C=N–C) groups is 1. The molecule has 0 aliphatic carbocycles. The number of nitrogens with zero attached hydrogens (tertiary/aromatic N) is 3. The van der Waals surface area contributed by atoms with Crippen LogP contribution in [0, 0.1) is 17.0 Å². The zero-order valence-corrected chi connectivity index (χ0v) is 15.4. The summed E-state index contributed by atoms with van der Waals surface area (Å²) >= 11 is 0. The van der Waals surface area contributed by atoms with Gasteiger partial charge in [-0.3, -0.25) is 25.0 Å². The third-order valence-corrected chi connectivity index (χ3v) is 4.41. The second-order valence-electron chi connectivity index (χ2n) is 6.21. The highest BCUT2D eigenvalue weighted by Gasteiger charge is 2.16. The van der Waals surface area contributed by atoms with Gasteiger partial charge in [0.25, 0.3) is 11.2 Å². The van der Waals surface area contributed by atoms with Crippen molar-refractivity contribution in [1.29, 1.82) is 0 Å². The van der Waals surface area contributed by atoms with Crippen LogP contribution in [0.4, 0.5) is 11.4 Å². The van der Waals surface area contributed by atoms with Crippen molar-refractivity contribution in [3.05, 3.63) is 85.8 Å². The minimum Gasteiger partial charge on any atom is -0.295 e. The van der Waals surface area contributed by atoms with Crippen LogP contribution in [0.25, 0.3) is 5.69 Å². The number of aromatic nitrogens is 2. The van der Waals surface area contributed by atoms with Gasteiger partial charge in [-0.2, -0.15) is 0 Å². The fraction of sp³-hybridized carbons (Fsp3) is 0.200. The van der Waals surface area contributed by atoms with Crippen molar-refractivity contribution in [2.24, 2.45) is 4.99 Å². The fourth-order valence-electron chi connectivity index (χ4n) is 3.03. The van der Waals surface area contributed by atoms with Gasteiger partial charge in [0.1, 0.15) is 0 Å². The number of hydrogen-bond acceptors (Lipinski definition) is 4. The first-order valence-electron chi connectivity index (χ1n) is 8.62. The lowest BCUT2D eigenvalue weighted by Crippen LogP contribution is -2.19. The molecule has 0 unspecified atom stereocenters. The highest BCUT2D eigenvalue weighted by atomic mass is 16.6. The molecule has 3 aromatic rings. The van der Waals surface area contributed by atoms with Gasteiger partial charge >= 0.3 is 0 Å². The Bertz CT molecular complexity index is 1080. The zero-order chi connectivity index (χ0) is 19.6. The maximum absolute atomic E-state index is 12.9. The molecule has 0 fully saturated rings. The standard InChI is InChI=1S/C20H20N4O3/c1-4-15-7-5-6-8-18(15)21-13(2)19-14(3)22-23(20(19)25)16-9-11-17(12-10-16)24(26)27/h5-12,22H,4H2,1-3H3. The van der Waals surface area contributed by atoms with Crippen LogP contribution in [0.15, 0.2) is 58.3 Å². The first kappa shape index (κ1) is 18.3. The van der Waals surface area contributed by atoms with E-state index in [1.54, 1.807) is 0 Å². The Morgan fingerprint density at radius 2 is 1.85 bits per heavy atom. The molecule has 0 spiro atoms. The number of H-pyrrole nitrogens is 1. The van der Waals surface area contributed by atoms with Gasteiger partial charge in [-0.25, -0.2) is 4.68 Å². The van der Waals surface area contributed by atoms with Gasteiger partial charge in [-0.05, 0) is 44.0 Å². The van der Waals surface area contributed by atoms with E-state index >= 15 is 0 Å². The van der Waals surface area contributed by atoms with Crippen LogP contribution in [0.1, 0.15) is 30.7 Å². The third kappa shape index (κ3) is 3.57. The predicted octanol–water partition coefficient (Wildman–Crippen LogP) is 4.09. The first-order chi connectivity index (χ1) is 12.9. The molecular weight excluding hydrogens is 344 g/mol. The lowest BCUT2D eigenvalue weighted by molar-refractivity contribution is -0.384. The maximum atomic E-state index is 12.9. The summed E-state index contributed by atoms with van der Waals surface area (Å²) < 4.78 is 1.37. The molecule has 7 heteroatoms. The molecule has 0 bridgehead atoms. The first-order valence-corrected chi connectivity index (χ1v) is 8.62. The predicted molar refractivity (Wildman–Crippen MR) is 105 cm³/mol. The van der Waals surface area contributed by atoms with E-state index in [0.717, 1.165) is 17.7 Å². The number of benzene rings is 2. The fourth-order valence-corrected chi connectivity index (χ4v) is 3.03. The summed E-state index contributed by atoms with van der Waals surface area (Å²) in [4.78, 5) is 27.9. The number of rotatable bonds is 5. The summed E-state index contributed by atoms with van der Waals surface area (Å²) in [6.07, 6.45) is 0.853. The van der Waals surface area contributed by atoms with Gasteiger partial charge < -0.3 is 0 Å². The highest BCUT2D eigenvalue weighted by Crippen LogP contribution is 2.21. The van der Waals surface area contributed by atoms with E-state index < -0.39 is 4.92 Å². The topological polar surface area (TPSA) is 93.3 Å². The molecule has 0 amide bonds. The number of para-hydroxylation sites is 1. The van der Waals surface area contributed by atoms with Crippen molar-refractivity contribution in [1.82, 2.24) is 9.78 Å². The number of aromatic amines is 1. The number of nitrogens with one attached hydrogen (secondary N) is 1. The lowest BCUT2D eigenvalue weighted by atomic mass is 10.1. The number of non-ortho nitro benzene ring substituents is 1. The molecule has 0 radical (unpaired) electrons. The largest absolute Gasteiger partial charge is 0.295 e. The summed E-state index contributed by atoms with van der Waals surface area (Å²) in [5.74, 6) is 0. The Hall–Kier alpha value is -3.48. The average Bonchev–Trinajstić information content (AvgIpc) is 2.96. The van der Waals surface area contributed by atoms with E-state index in [2.05, 4.69) is 17.0 Å². The number of nitro groups is 1. The Kier molecular flexibility index (Phi) is 5.03. The van der Waals surface area contributed by atoms with E-state index in [1.165, 1.54) is 28.9 Å². The van der Waals surface area contributed by atoms with E-state index in [-0.39, 0.29) is 11.2 Å². The Balaban J connectivity index is 2.04. The van der Waals surface area contributed by atoms with Crippen molar-refractivity contribution < 1.29 is 4.92 Å². The van der Waals surface area contributed by atoms with Crippen LogP contribution in [0.2, 0.25) is 0 Å². The van der Waals surface area contributed by atoms with Gasteiger partial charge in [0, 0.05) is 17.8 Å². The van der Waals surface area contributed by atoms with Crippen molar-refractivity contribution in [2.75, 3.05) is 0 Å². The van der Waals surface area contributed by atoms with Crippen molar-refractivity contribution in [3.63, 3.8) is 0 Å². The normalized spacial score (nSPS) is 11.6. The Labute approximate surface area is 156 Å². The molecule has 3 rings (SSSR count). The quantitative estimate of drug-likeness (QED) is 0.420. The van der Waals surface area contributed by atoms with Crippen molar-refractivity contribution in [2.45, 2.75) is 27.2 Å². The smallest absolute Gasteiger partial charge is 0.280 e. The molecule has 27 heavy (non-hydrogen) atoms. The molecule has 1 heterocycles. The molecule has 0 saturated carbocycles. The SMILES string of the molecule is CCc1ccccc1N=C(C)c1c(C)[nH]n(-c2ccc([N+](=O)[O-])cc2)c1=O. The lowest BCUT2D eigenvalue weighted by Gasteiger charge is -2.04. The molecule has 2 aromatic carbocycles. The minimum atomic E-state index is -0.472. The molecular formula is C20H20N4O3. The van der Waals surface area contributed by atoms with Gasteiger partial charge in [0.05, 0.1) is 27.6 Å². The van der Waals surface area contributed by atoms with Gasteiger partial charge in [-0.1, -0.05) is 25.1 Å². The molecule has 7 nitrogen and oxygen atoms in total. The summed E-state index contributed by atoms with van der Waals surface area (Å²) in [6.45, 7) is 5.68. The second-order valence-corrected chi connectivity index (χ2v) is 6.21. The van der Waals surface area contributed by atoms with Crippen LogP contribution in [0.3, 0.4) is 0 Å². The van der Waals surface area contributed by atoms with E-state index in [4.69, 9.17) is 0 Å². The van der Waals surface area contributed by atoms with E-state index in [0.29, 0.717) is 22.7 Å².